The summed E-state index contributed by atoms with van der Waals surface area (Å²) in [6.45, 7) is 4.41. The monoisotopic (exact) mass is 440 g/mol. The summed E-state index contributed by atoms with van der Waals surface area (Å²) in [5.74, 6) is 0.784. The van der Waals surface area contributed by atoms with Gasteiger partial charge in [-0.3, -0.25) is 14.9 Å². The maximum absolute atomic E-state index is 11.7. The van der Waals surface area contributed by atoms with Crippen LogP contribution in [-0.2, 0) is 21.6 Å². The molecule has 0 amide bonds. The van der Waals surface area contributed by atoms with E-state index < -0.39 is 16.1 Å². The van der Waals surface area contributed by atoms with E-state index in [0.29, 0.717) is 17.1 Å². The van der Waals surface area contributed by atoms with Gasteiger partial charge in [0.05, 0.1) is 16.8 Å². The molecule has 0 aliphatic carbocycles. The Kier molecular flexibility index (Phi) is 5.21. The maximum Gasteiger partial charge on any atom is 0.306 e. The average Bonchev–Trinajstić information content (AvgIpc) is 2.90. The molecule has 1 unspecified atom stereocenters. The first-order valence-corrected chi connectivity index (χ1v) is 10.6. The maximum atomic E-state index is 11.7. The molecule has 0 N–H and O–H groups in total. The zero-order valence-electron chi connectivity index (χ0n) is 17.6. The Morgan fingerprint density at radius 2 is 2.03 bits per heavy atom. The van der Waals surface area contributed by atoms with Crippen LogP contribution in [0.2, 0.25) is 0 Å². The first kappa shape index (κ1) is 21.2. The number of thiol groups is 1. The Bertz CT molecular complexity index is 1100. The van der Waals surface area contributed by atoms with E-state index in [2.05, 4.69) is 37.4 Å². The van der Waals surface area contributed by atoms with Crippen molar-refractivity contribution in [2.45, 2.75) is 38.0 Å². The van der Waals surface area contributed by atoms with Crippen molar-refractivity contribution in [1.29, 1.82) is 0 Å². The van der Waals surface area contributed by atoms with Crippen molar-refractivity contribution in [3.05, 3.63) is 69.3 Å². The smallest absolute Gasteiger partial charge is 0.306 e. The normalized spacial score (nSPS) is 20.2. The first-order valence-electron chi connectivity index (χ1n) is 10.00. The molecule has 31 heavy (non-hydrogen) atoms. The molecule has 2 aromatic rings. The van der Waals surface area contributed by atoms with Crippen LogP contribution in [0.4, 0.5) is 11.4 Å². The highest BCUT2D eigenvalue weighted by Gasteiger charge is 2.57. The number of nitro groups is 1. The van der Waals surface area contributed by atoms with Crippen molar-refractivity contribution in [3.63, 3.8) is 0 Å². The van der Waals surface area contributed by atoms with Gasteiger partial charge in [0.1, 0.15) is 12.4 Å². The topological polar surface area (TPSA) is 81.9 Å². The fourth-order valence-corrected chi connectivity index (χ4v) is 4.56. The number of ether oxygens (including phenoxy) is 2. The van der Waals surface area contributed by atoms with E-state index in [4.69, 9.17) is 9.47 Å². The van der Waals surface area contributed by atoms with E-state index in [0.717, 1.165) is 16.8 Å². The van der Waals surface area contributed by atoms with Gasteiger partial charge in [-0.05, 0) is 55.3 Å². The molecule has 2 heterocycles. The van der Waals surface area contributed by atoms with E-state index >= 15 is 0 Å². The third kappa shape index (κ3) is 3.35. The predicted molar refractivity (Wildman–Crippen MR) is 122 cm³/mol. The highest BCUT2D eigenvalue weighted by atomic mass is 32.1. The molecule has 0 bridgehead atoms. The van der Waals surface area contributed by atoms with E-state index in [1.54, 1.807) is 6.07 Å². The summed E-state index contributed by atoms with van der Waals surface area (Å²) in [4.78, 5) is 24.5. The largest absolute Gasteiger partial charge is 0.463 e. The molecular weight excluding hydrogens is 416 g/mol. The van der Waals surface area contributed by atoms with E-state index in [1.165, 1.54) is 12.1 Å². The lowest BCUT2D eigenvalue weighted by Gasteiger charge is -2.45. The van der Waals surface area contributed by atoms with Crippen molar-refractivity contribution in [3.8, 4) is 5.75 Å². The minimum atomic E-state index is -0.792. The quantitative estimate of drug-likeness (QED) is 0.319. The van der Waals surface area contributed by atoms with Crippen LogP contribution in [0.25, 0.3) is 6.08 Å². The van der Waals surface area contributed by atoms with E-state index in [1.807, 2.05) is 31.3 Å². The molecule has 0 aromatic heterocycles. The molecule has 2 aliphatic heterocycles. The number of likely N-dealkylation sites (N-methyl/N-ethyl adjacent to an activating group) is 1. The van der Waals surface area contributed by atoms with Gasteiger partial charge in [-0.15, -0.1) is 0 Å². The van der Waals surface area contributed by atoms with Gasteiger partial charge in [0.25, 0.3) is 5.69 Å². The van der Waals surface area contributed by atoms with Crippen LogP contribution in [0.3, 0.4) is 0 Å². The number of esters is 1. The SMILES string of the molecule is CN1c2ccc(COC(=O)CCS)cc2C(C)(C)C12C=Cc1cc([N+](=O)[O-])ccc1O2. The number of non-ortho nitro benzene ring substituents is 1. The van der Waals surface area contributed by atoms with Gasteiger partial charge < -0.3 is 14.4 Å². The van der Waals surface area contributed by atoms with Gasteiger partial charge in [0, 0.05) is 36.2 Å². The minimum Gasteiger partial charge on any atom is -0.463 e. The molecule has 0 radical (unpaired) electrons. The number of nitrogens with zero attached hydrogens (tertiary/aromatic N) is 2. The Morgan fingerprint density at radius 3 is 2.74 bits per heavy atom. The fourth-order valence-electron chi connectivity index (χ4n) is 4.38. The van der Waals surface area contributed by atoms with Gasteiger partial charge in [-0.2, -0.15) is 12.6 Å². The molecule has 4 rings (SSSR count). The zero-order chi connectivity index (χ0) is 22.4. The molecule has 2 aromatic carbocycles. The van der Waals surface area contributed by atoms with Crippen LogP contribution >= 0.6 is 12.6 Å². The van der Waals surface area contributed by atoms with Crippen LogP contribution in [-0.4, -0.2) is 29.4 Å². The van der Waals surface area contributed by atoms with Crippen molar-refractivity contribution in [1.82, 2.24) is 0 Å². The van der Waals surface area contributed by atoms with Crippen LogP contribution in [0.1, 0.15) is 37.0 Å². The summed E-state index contributed by atoms with van der Waals surface area (Å²) in [7, 11) is 1.97. The summed E-state index contributed by atoms with van der Waals surface area (Å²) in [5.41, 5.74) is 2.47. The molecule has 162 valence electrons. The molecule has 0 fully saturated rings. The highest BCUT2D eigenvalue weighted by molar-refractivity contribution is 7.80. The number of anilines is 1. The molecule has 0 saturated heterocycles. The number of carbonyl (C=O) groups excluding carboxylic acids is 1. The summed E-state index contributed by atoms with van der Waals surface area (Å²) in [6, 6.07) is 10.6. The van der Waals surface area contributed by atoms with Crippen LogP contribution in [0.5, 0.6) is 5.75 Å². The van der Waals surface area contributed by atoms with Crippen LogP contribution in [0.15, 0.2) is 42.5 Å². The molecule has 7 nitrogen and oxygen atoms in total. The summed E-state index contributed by atoms with van der Waals surface area (Å²) < 4.78 is 11.9. The lowest BCUT2D eigenvalue weighted by atomic mass is 9.76. The number of rotatable bonds is 5. The second-order valence-electron chi connectivity index (χ2n) is 8.28. The van der Waals surface area contributed by atoms with Crippen molar-refractivity contribution in [2.75, 3.05) is 17.7 Å². The summed E-state index contributed by atoms with van der Waals surface area (Å²) >= 11 is 4.06. The van der Waals surface area contributed by atoms with Gasteiger partial charge >= 0.3 is 5.97 Å². The third-order valence-electron chi connectivity index (χ3n) is 6.16. The molecule has 8 heteroatoms. The zero-order valence-corrected chi connectivity index (χ0v) is 18.5. The fraction of sp³-hybridized carbons (Fsp3) is 0.348. The van der Waals surface area contributed by atoms with Gasteiger partial charge in [0.2, 0.25) is 5.72 Å². The highest BCUT2D eigenvalue weighted by Crippen LogP contribution is 2.54. The number of carbonyl (C=O) groups is 1. The predicted octanol–water partition coefficient (Wildman–Crippen LogP) is 4.49. The Balaban J connectivity index is 1.67. The molecule has 1 atom stereocenters. The molecule has 2 aliphatic rings. The Hall–Kier alpha value is -3.00. The van der Waals surface area contributed by atoms with Gasteiger partial charge in [-0.25, -0.2) is 0 Å². The van der Waals surface area contributed by atoms with Crippen molar-refractivity contribution in [2.24, 2.45) is 0 Å². The Morgan fingerprint density at radius 1 is 1.26 bits per heavy atom. The number of nitro benzene ring substituents is 1. The summed E-state index contributed by atoms with van der Waals surface area (Å²) in [6.07, 6.45) is 4.13. The lowest BCUT2D eigenvalue weighted by Crippen LogP contribution is -2.58. The minimum absolute atomic E-state index is 0.0300. The van der Waals surface area contributed by atoms with Crippen molar-refractivity contribution < 1.29 is 19.2 Å². The van der Waals surface area contributed by atoms with Crippen LogP contribution < -0.4 is 9.64 Å². The summed E-state index contributed by atoms with van der Waals surface area (Å²) in [5, 5.41) is 11.1. The van der Waals surface area contributed by atoms with E-state index in [9.17, 15) is 14.9 Å². The van der Waals surface area contributed by atoms with Crippen LogP contribution in [0, 0.1) is 10.1 Å². The first-order chi connectivity index (χ1) is 14.7. The van der Waals surface area contributed by atoms with Gasteiger partial charge in [-0.1, -0.05) is 6.07 Å². The van der Waals surface area contributed by atoms with E-state index in [-0.39, 0.29) is 24.7 Å². The second kappa shape index (κ2) is 7.60. The molecule has 0 saturated carbocycles. The average molecular weight is 441 g/mol. The number of benzene rings is 2. The number of hydrogen-bond donors (Lipinski definition) is 1. The number of fused-ring (bicyclic) bond motifs is 2. The molecule has 1 spiro atoms. The standard InChI is InChI=1S/C23H24N2O5S/c1-22(2)18-12-15(14-29-21(26)9-11-31)4-6-19(18)24(3)23(22)10-8-16-13-17(25(27)28)5-7-20(16)30-23/h4-8,10,12-13,31H,9,11,14H2,1-3H3. The van der Waals surface area contributed by atoms with Crippen molar-refractivity contribution >= 4 is 36.0 Å². The van der Waals surface area contributed by atoms with Gasteiger partial charge in [0.15, 0.2) is 0 Å². The lowest BCUT2D eigenvalue weighted by molar-refractivity contribution is -0.384. The molecular formula is C23H24N2O5S. The number of hydrogen-bond acceptors (Lipinski definition) is 7. The second-order valence-corrected chi connectivity index (χ2v) is 8.73. The third-order valence-corrected chi connectivity index (χ3v) is 6.39. The Labute approximate surface area is 186 Å².